The molecule has 0 radical (unpaired) electrons. The van der Waals surface area contributed by atoms with Gasteiger partial charge >= 0.3 is 0 Å². The normalized spacial score (nSPS) is 11.5. The molecule has 0 fully saturated rings. The standard InChI is InChI=1S/C22H13BrN2S/c23-19-10-8-16(9-11-19)21-14-26-22(25-21)18(13-24)12-17-6-3-5-15-4-1-2-7-20(15)17/h1-12,14H/b18-12+. The Morgan fingerprint density at radius 2 is 1.77 bits per heavy atom. The summed E-state index contributed by atoms with van der Waals surface area (Å²) < 4.78 is 1.03. The van der Waals surface area contributed by atoms with Gasteiger partial charge in [-0.25, -0.2) is 4.98 Å². The first-order valence-corrected chi connectivity index (χ1v) is 9.73. The van der Waals surface area contributed by atoms with Gasteiger partial charge < -0.3 is 0 Å². The van der Waals surface area contributed by atoms with E-state index in [2.05, 4.69) is 45.2 Å². The lowest BCUT2D eigenvalue weighted by Gasteiger charge is -2.02. The van der Waals surface area contributed by atoms with Crippen LogP contribution in [0.4, 0.5) is 0 Å². The Balaban J connectivity index is 1.75. The third-order valence-electron chi connectivity index (χ3n) is 4.12. The Bertz CT molecular complexity index is 1150. The second-order valence-corrected chi connectivity index (χ2v) is 7.56. The van der Waals surface area contributed by atoms with Gasteiger partial charge in [0, 0.05) is 15.4 Å². The van der Waals surface area contributed by atoms with E-state index in [1.165, 1.54) is 11.3 Å². The second-order valence-electron chi connectivity index (χ2n) is 5.78. The number of benzene rings is 3. The summed E-state index contributed by atoms with van der Waals surface area (Å²) in [4.78, 5) is 4.67. The predicted octanol–water partition coefficient (Wildman–Crippen LogP) is 6.79. The molecule has 0 spiro atoms. The highest BCUT2D eigenvalue weighted by molar-refractivity contribution is 9.10. The molecular formula is C22H13BrN2S. The average molecular weight is 417 g/mol. The molecule has 0 N–H and O–H groups in total. The lowest BCUT2D eigenvalue weighted by molar-refractivity contribution is 1.37. The van der Waals surface area contributed by atoms with Gasteiger partial charge in [-0.2, -0.15) is 5.26 Å². The molecule has 4 heteroatoms. The minimum absolute atomic E-state index is 0.578. The molecule has 0 amide bonds. The van der Waals surface area contributed by atoms with E-state index >= 15 is 0 Å². The summed E-state index contributed by atoms with van der Waals surface area (Å²) in [6.07, 6.45) is 1.92. The second kappa shape index (κ2) is 7.25. The Labute approximate surface area is 164 Å². The molecule has 0 aliphatic rings. The molecule has 0 atom stereocenters. The largest absolute Gasteiger partial charge is 0.235 e. The van der Waals surface area contributed by atoms with Gasteiger partial charge in [-0.05, 0) is 34.5 Å². The zero-order valence-corrected chi connectivity index (χ0v) is 16.1. The van der Waals surface area contributed by atoms with Crippen molar-refractivity contribution in [2.75, 3.05) is 0 Å². The van der Waals surface area contributed by atoms with Crippen molar-refractivity contribution < 1.29 is 0 Å². The maximum absolute atomic E-state index is 9.67. The van der Waals surface area contributed by atoms with E-state index in [4.69, 9.17) is 0 Å². The van der Waals surface area contributed by atoms with Crippen LogP contribution in [0.3, 0.4) is 0 Å². The molecule has 3 aromatic carbocycles. The molecule has 4 aromatic rings. The van der Waals surface area contributed by atoms with Crippen LogP contribution in [0.5, 0.6) is 0 Å². The van der Waals surface area contributed by atoms with Gasteiger partial charge in [0.25, 0.3) is 0 Å². The third-order valence-corrected chi connectivity index (χ3v) is 5.52. The number of fused-ring (bicyclic) bond motifs is 1. The summed E-state index contributed by atoms with van der Waals surface area (Å²) in [7, 11) is 0. The van der Waals surface area contributed by atoms with Gasteiger partial charge in [0.2, 0.25) is 0 Å². The van der Waals surface area contributed by atoms with Crippen molar-refractivity contribution in [1.82, 2.24) is 4.98 Å². The molecule has 2 nitrogen and oxygen atoms in total. The molecule has 26 heavy (non-hydrogen) atoms. The topological polar surface area (TPSA) is 36.7 Å². The Kier molecular flexibility index (Phi) is 4.66. The number of allylic oxidation sites excluding steroid dienone is 1. The van der Waals surface area contributed by atoms with E-state index in [1.54, 1.807) is 0 Å². The predicted molar refractivity (Wildman–Crippen MR) is 113 cm³/mol. The highest BCUT2D eigenvalue weighted by Gasteiger charge is 2.10. The number of rotatable bonds is 3. The quantitative estimate of drug-likeness (QED) is 0.344. The van der Waals surface area contributed by atoms with E-state index in [-0.39, 0.29) is 0 Å². The highest BCUT2D eigenvalue weighted by Crippen LogP contribution is 2.29. The zero-order valence-electron chi connectivity index (χ0n) is 13.7. The van der Waals surface area contributed by atoms with Crippen molar-refractivity contribution in [2.24, 2.45) is 0 Å². The Hall–Kier alpha value is -2.74. The van der Waals surface area contributed by atoms with Crippen LogP contribution in [0.25, 0.3) is 33.7 Å². The molecule has 4 rings (SSSR count). The van der Waals surface area contributed by atoms with Crippen LogP contribution in [0.1, 0.15) is 10.6 Å². The number of thiazole rings is 1. The van der Waals surface area contributed by atoms with Crippen molar-refractivity contribution >= 4 is 49.7 Å². The number of aromatic nitrogens is 1. The van der Waals surface area contributed by atoms with Gasteiger partial charge in [0.15, 0.2) is 0 Å². The molecular weight excluding hydrogens is 404 g/mol. The molecule has 0 saturated carbocycles. The third kappa shape index (κ3) is 3.32. The monoisotopic (exact) mass is 416 g/mol. The number of nitrogens with zero attached hydrogens (tertiary/aromatic N) is 2. The van der Waals surface area contributed by atoms with Gasteiger partial charge in [-0.15, -0.1) is 11.3 Å². The summed E-state index contributed by atoms with van der Waals surface area (Å²) in [5, 5.41) is 14.7. The number of hydrogen-bond acceptors (Lipinski definition) is 3. The van der Waals surface area contributed by atoms with Crippen LogP contribution in [0.15, 0.2) is 76.6 Å². The van der Waals surface area contributed by atoms with Crippen LogP contribution in [0, 0.1) is 11.3 Å². The first-order valence-electron chi connectivity index (χ1n) is 8.06. The lowest BCUT2D eigenvalue weighted by Crippen LogP contribution is -1.84. The summed E-state index contributed by atoms with van der Waals surface area (Å²) >= 11 is 4.94. The van der Waals surface area contributed by atoms with E-state index in [9.17, 15) is 5.26 Å². The fourth-order valence-corrected chi connectivity index (χ4v) is 3.88. The van der Waals surface area contributed by atoms with Gasteiger partial charge in [0.1, 0.15) is 11.1 Å². The van der Waals surface area contributed by atoms with Gasteiger partial charge in [-0.1, -0.05) is 70.5 Å². The molecule has 124 valence electrons. The van der Waals surface area contributed by atoms with Gasteiger partial charge in [0.05, 0.1) is 11.3 Å². The fourth-order valence-electron chi connectivity index (χ4n) is 2.82. The number of nitriles is 1. The SMILES string of the molecule is N#C/C(=C\c1cccc2ccccc12)c1nc(-c2ccc(Br)cc2)cs1. The summed E-state index contributed by atoms with van der Waals surface area (Å²) in [5.74, 6) is 0. The van der Waals surface area contributed by atoms with Crippen molar-refractivity contribution in [1.29, 1.82) is 5.26 Å². The Morgan fingerprint density at radius 1 is 1.00 bits per heavy atom. The molecule has 0 saturated heterocycles. The fraction of sp³-hybridized carbons (Fsp3) is 0. The first-order chi connectivity index (χ1) is 12.7. The first kappa shape index (κ1) is 16.7. The number of hydrogen-bond donors (Lipinski definition) is 0. The van der Waals surface area contributed by atoms with Crippen molar-refractivity contribution in [3.05, 3.63) is 87.2 Å². The van der Waals surface area contributed by atoms with E-state index < -0.39 is 0 Å². The van der Waals surface area contributed by atoms with E-state index in [1.807, 2.05) is 60.0 Å². The molecule has 1 aromatic heterocycles. The smallest absolute Gasteiger partial charge is 0.134 e. The van der Waals surface area contributed by atoms with E-state index in [0.29, 0.717) is 5.57 Å². The van der Waals surface area contributed by atoms with Crippen LogP contribution in [0.2, 0.25) is 0 Å². The average Bonchev–Trinajstić information content (AvgIpc) is 3.16. The number of halogens is 1. The van der Waals surface area contributed by atoms with Crippen LogP contribution < -0.4 is 0 Å². The summed E-state index contributed by atoms with van der Waals surface area (Å²) in [5.41, 5.74) is 3.53. The zero-order chi connectivity index (χ0) is 17.9. The molecule has 1 heterocycles. The van der Waals surface area contributed by atoms with Gasteiger partial charge in [-0.3, -0.25) is 0 Å². The van der Waals surface area contributed by atoms with E-state index in [0.717, 1.165) is 37.1 Å². The van der Waals surface area contributed by atoms with Crippen molar-refractivity contribution in [2.45, 2.75) is 0 Å². The lowest BCUT2D eigenvalue weighted by atomic mass is 10.0. The summed E-state index contributed by atoms with van der Waals surface area (Å²) in [6.45, 7) is 0. The highest BCUT2D eigenvalue weighted by atomic mass is 79.9. The Morgan fingerprint density at radius 3 is 2.58 bits per heavy atom. The maximum atomic E-state index is 9.67. The maximum Gasteiger partial charge on any atom is 0.134 e. The minimum Gasteiger partial charge on any atom is -0.235 e. The minimum atomic E-state index is 0.578. The van der Waals surface area contributed by atoms with Crippen LogP contribution in [-0.4, -0.2) is 4.98 Å². The molecule has 0 aliphatic heterocycles. The molecule has 0 bridgehead atoms. The molecule has 0 unspecified atom stereocenters. The summed E-state index contributed by atoms with van der Waals surface area (Å²) in [6, 6.07) is 24.6. The molecule has 0 aliphatic carbocycles. The van der Waals surface area contributed by atoms with Crippen molar-refractivity contribution in [3.8, 4) is 17.3 Å². The van der Waals surface area contributed by atoms with Crippen LogP contribution in [-0.2, 0) is 0 Å². The van der Waals surface area contributed by atoms with Crippen molar-refractivity contribution in [3.63, 3.8) is 0 Å². The van der Waals surface area contributed by atoms with Crippen LogP contribution >= 0.6 is 27.3 Å².